The maximum atomic E-state index is 12.4. The fraction of sp³-hybridized carbons (Fsp3) is 0.385. The van der Waals surface area contributed by atoms with Crippen molar-refractivity contribution in [3.63, 3.8) is 0 Å². The zero-order chi connectivity index (χ0) is 24.4. The van der Waals surface area contributed by atoms with E-state index in [4.69, 9.17) is 11.5 Å². The van der Waals surface area contributed by atoms with Gasteiger partial charge in [0.25, 0.3) is 11.8 Å². The SMILES string of the molecule is CCCCC(C(=O)C(N)=O)c1ccc(C(N)=O)c(/C=C/c2ccc(CN(CC)CC)cc2)n1. The van der Waals surface area contributed by atoms with Crippen LogP contribution in [-0.2, 0) is 16.1 Å². The third-order valence-corrected chi connectivity index (χ3v) is 5.69. The summed E-state index contributed by atoms with van der Waals surface area (Å²) in [6.07, 6.45) is 5.61. The van der Waals surface area contributed by atoms with Gasteiger partial charge in [-0.25, -0.2) is 0 Å². The van der Waals surface area contributed by atoms with Crippen LogP contribution in [0.4, 0.5) is 0 Å². The molecule has 0 saturated carbocycles. The molecular weight excluding hydrogens is 416 g/mol. The summed E-state index contributed by atoms with van der Waals surface area (Å²) in [5.74, 6) is -3.02. The lowest BCUT2D eigenvalue weighted by atomic mass is 9.92. The highest BCUT2D eigenvalue weighted by molar-refractivity contribution is 6.37. The zero-order valence-corrected chi connectivity index (χ0v) is 19.7. The van der Waals surface area contributed by atoms with Gasteiger partial charge in [0.1, 0.15) is 0 Å². The highest BCUT2D eigenvalue weighted by Gasteiger charge is 2.26. The first kappa shape index (κ1) is 25.9. The van der Waals surface area contributed by atoms with Gasteiger partial charge in [-0.3, -0.25) is 24.3 Å². The lowest BCUT2D eigenvalue weighted by Crippen LogP contribution is -2.29. The molecule has 1 heterocycles. The molecule has 2 aromatic rings. The van der Waals surface area contributed by atoms with Crippen LogP contribution in [0.1, 0.15) is 78.8 Å². The van der Waals surface area contributed by atoms with Crippen LogP contribution in [0.5, 0.6) is 0 Å². The second-order valence-corrected chi connectivity index (χ2v) is 7.99. The van der Waals surface area contributed by atoms with E-state index >= 15 is 0 Å². The van der Waals surface area contributed by atoms with Crippen LogP contribution in [0, 0.1) is 0 Å². The lowest BCUT2D eigenvalue weighted by molar-refractivity contribution is -0.137. The fourth-order valence-corrected chi connectivity index (χ4v) is 3.63. The highest BCUT2D eigenvalue weighted by Crippen LogP contribution is 2.24. The normalized spacial score (nSPS) is 12.2. The minimum Gasteiger partial charge on any atom is -0.366 e. The number of nitrogens with two attached hydrogens (primary N) is 2. The van der Waals surface area contributed by atoms with Crippen LogP contribution in [0.2, 0.25) is 0 Å². The third kappa shape index (κ3) is 7.36. The van der Waals surface area contributed by atoms with Crippen molar-refractivity contribution in [1.82, 2.24) is 9.88 Å². The largest absolute Gasteiger partial charge is 0.366 e. The predicted molar refractivity (Wildman–Crippen MR) is 131 cm³/mol. The molecule has 1 aromatic heterocycles. The molecule has 0 aliphatic carbocycles. The molecule has 0 aliphatic heterocycles. The first-order chi connectivity index (χ1) is 15.8. The molecule has 0 bridgehead atoms. The molecular formula is C26H34N4O3. The van der Waals surface area contributed by atoms with Crippen LogP contribution in [0.3, 0.4) is 0 Å². The maximum absolute atomic E-state index is 12.4. The van der Waals surface area contributed by atoms with Crippen molar-refractivity contribution >= 4 is 29.7 Å². The van der Waals surface area contributed by atoms with E-state index in [9.17, 15) is 14.4 Å². The monoisotopic (exact) mass is 450 g/mol. The second kappa shape index (κ2) is 12.6. The highest BCUT2D eigenvalue weighted by atomic mass is 16.2. The fourth-order valence-electron chi connectivity index (χ4n) is 3.63. The summed E-state index contributed by atoms with van der Waals surface area (Å²) in [5.41, 5.74) is 13.9. The van der Waals surface area contributed by atoms with E-state index in [1.165, 1.54) is 5.56 Å². The van der Waals surface area contributed by atoms with Crippen molar-refractivity contribution < 1.29 is 14.4 Å². The van der Waals surface area contributed by atoms with Crippen molar-refractivity contribution in [3.05, 3.63) is 64.5 Å². The predicted octanol–water partition coefficient (Wildman–Crippen LogP) is 3.52. The van der Waals surface area contributed by atoms with E-state index in [1.54, 1.807) is 18.2 Å². The van der Waals surface area contributed by atoms with Gasteiger partial charge in [-0.05, 0) is 48.8 Å². The number of carbonyl (C=O) groups excluding carboxylic acids is 3. The van der Waals surface area contributed by atoms with E-state index in [0.717, 1.165) is 38.0 Å². The first-order valence-electron chi connectivity index (χ1n) is 11.4. The number of amides is 2. The molecule has 0 saturated heterocycles. The summed E-state index contributed by atoms with van der Waals surface area (Å²) in [6.45, 7) is 9.15. The van der Waals surface area contributed by atoms with Crippen LogP contribution in [-0.4, -0.2) is 40.6 Å². The number of pyridine rings is 1. The molecule has 0 spiro atoms. The van der Waals surface area contributed by atoms with Gasteiger partial charge in [-0.1, -0.05) is 64.0 Å². The Bertz CT molecular complexity index is 995. The summed E-state index contributed by atoms with van der Waals surface area (Å²) in [7, 11) is 0. The summed E-state index contributed by atoms with van der Waals surface area (Å²) < 4.78 is 0. The third-order valence-electron chi connectivity index (χ3n) is 5.69. The van der Waals surface area contributed by atoms with E-state index < -0.39 is 23.5 Å². The van der Waals surface area contributed by atoms with Crippen molar-refractivity contribution in [2.75, 3.05) is 13.1 Å². The molecule has 1 aromatic carbocycles. The van der Waals surface area contributed by atoms with E-state index in [-0.39, 0.29) is 5.56 Å². The van der Waals surface area contributed by atoms with Crippen LogP contribution in [0.25, 0.3) is 12.2 Å². The van der Waals surface area contributed by atoms with Gasteiger partial charge in [0, 0.05) is 6.54 Å². The Morgan fingerprint density at radius 2 is 1.64 bits per heavy atom. The van der Waals surface area contributed by atoms with Gasteiger partial charge in [0.15, 0.2) is 0 Å². The van der Waals surface area contributed by atoms with E-state index in [2.05, 4.69) is 35.9 Å². The minimum atomic E-state index is -0.987. The molecule has 176 valence electrons. The Balaban J connectivity index is 2.34. The second-order valence-electron chi connectivity index (χ2n) is 7.99. The molecule has 0 fully saturated rings. The summed E-state index contributed by atoms with van der Waals surface area (Å²) in [5, 5.41) is 0. The van der Waals surface area contributed by atoms with Crippen LogP contribution in [0.15, 0.2) is 36.4 Å². The number of ketones is 1. The van der Waals surface area contributed by atoms with Gasteiger partial charge >= 0.3 is 0 Å². The van der Waals surface area contributed by atoms with E-state index in [1.807, 2.05) is 25.1 Å². The molecule has 0 radical (unpaired) electrons. The minimum absolute atomic E-state index is 0.244. The van der Waals surface area contributed by atoms with Gasteiger partial charge in [-0.2, -0.15) is 0 Å². The number of aromatic nitrogens is 1. The van der Waals surface area contributed by atoms with Crippen molar-refractivity contribution in [2.24, 2.45) is 11.5 Å². The maximum Gasteiger partial charge on any atom is 0.285 e. The standard InChI is InChI=1S/C26H34N4O3/c1-4-7-8-20(24(31)26(28)33)22-16-14-21(25(27)32)23(29-22)15-13-18-9-11-19(12-10-18)17-30(5-2)6-3/h9-16,20H,4-8,17H2,1-3H3,(H2,27,32)(H2,28,33)/b15-13+. The average molecular weight is 451 g/mol. The number of hydrogen-bond acceptors (Lipinski definition) is 5. The Morgan fingerprint density at radius 3 is 2.18 bits per heavy atom. The number of hydrogen-bond donors (Lipinski definition) is 2. The number of primary amides is 2. The van der Waals surface area contributed by atoms with Gasteiger partial charge in [-0.15, -0.1) is 0 Å². The van der Waals surface area contributed by atoms with Crippen LogP contribution < -0.4 is 11.5 Å². The summed E-state index contributed by atoms with van der Waals surface area (Å²) in [6, 6.07) is 11.3. The number of Topliss-reactive ketones (excluding diaryl/α,β-unsaturated/α-hetero) is 1. The molecule has 4 N–H and O–H groups in total. The van der Waals surface area contributed by atoms with Gasteiger partial charge < -0.3 is 11.5 Å². The molecule has 1 unspecified atom stereocenters. The molecule has 7 nitrogen and oxygen atoms in total. The topological polar surface area (TPSA) is 119 Å². The van der Waals surface area contributed by atoms with Crippen molar-refractivity contribution in [1.29, 1.82) is 0 Å². The van der Waals surface area contributed by atoms with Gasteiger partial charge in [0.05, 0.1) is 22.9 Å². The summed E-state index contributed by atoms with van der Waals surface area (Å²) in [4.78, 5) is 42.7. The number of carbonyl (C=O) groups is 3. The quantitative estimate of drug-likeness (QED) is 0.453. The Hall–Kier alpha value is -3.32. The van der Waals surface area contributed by atoms with Crippen molar-refractivity contribution in [3.8, 4) is 0 Å². The number of unbranched alkanes of at least 4 members (excludes halogenated alkanes) is 1. The van der Waals surface area contributed by atoms with Gasteiger partial charge in [0.2, 0.25) is 5.78 Å². The molecule has 0 aliphatic rings. The zero-order valence-electron chi connectivity index (χ0n) is 19.7. The Kier molecular flexibility index (Phi) is 9.94. The first-order valence-corrected chi connectivity index (χ1v) is 11.4. The molecule has 7 heteroatoms. The van der Waals surface area contributed by atoms with E-state index in [0.29, 0.717) is 17.8 Å². The molecule has 1 atom stereocenters. The average Bonchev–Trinajstić information content (AvgIpc) is 2.81. The Labute approximate surface area is 195 Å². The molecule has 33 heavy (non-hydrogen) atoms. The van der Waals surface area contributed by atoms with Crippen molar-refractivity contribution in [2.45, 2.75) is 52.5 Å². The Morgan fingerprint density at radius 1 is 0.970 bits per heavy atom. The van der Waals surface area contributed by atoms with Crippen LogP contribution >= 0.6 is 0 Å². The number of benzene rings is 1. The molecule has 2 amide bonds. The lowest BCUT2D eigenvalue weighted by Gasteiger charge is -2.17. The number of nitrogens with zero attached hydrogens (tertiary/aromatic N) is 2. The molecule has 2 rings (SSSR count). The smallest absolute Gasteiger partial charge is 0.285 e. The number of rotatable bonds is 13. The summed E-state index contributed by atoms with van der Waals surface area (Å²) >= 11 is 0.